The molecule has 0 radical (unpaired) electrons. The molecule has 1 atom stereocenters. The summed E-state index contributed by atoms with van der Waals surface area (Å²) in [4.78, 5) is 31.3. The average Bonchev–Trinajstić information content (AvgIpc) is 3.10. The number of carbonyl (C=O) groups excluding carboxylic acids is 1. The third-order valence-corrected chi connectivity index (χ3v) is 4.14. The molecule has 1 saturated heterocycles. The van der Waals surface area contributed by atoms with Crippen molar-refractivity contribution in [3.05, 3.63) is 36.0 Å². The van der Waals surface area contributed by atoms with E-state index in [9.17, 15) is 4.79 Å². The summed E-state index contributed by atoms with van der Waals surface area (Å²) < 4.78 is 4.98. The number of hydrogen-bond donors (Lipinski definition) is 1. The van der Waals surface area contributed by atoms with Crippen molar-refractivity contribution in [2.24, 2.45) is 0 Å². The van der Waals surface area contributed by atoms with E-state index in [0.717, 1.165) is 18.7 Å². The molecule has 1 unspecified atom stereocenters. The number of hydrogen-bond acceptors (Lipinski definition) is 7. The molecule has 1 N–H and O–H groups in total. The second kappa shape index (κ2) is 7.98. The zero-order valence-electron chi connectivity index (χ0n) is 14.5. The van der Waals surface area contributed by atoms with Gasteiger partial charge >= 0.3 is 0 Å². The van der Waals surface area contributed by atoms with Crippen LogP contribution in [0.15, 0.2) is 24.5 Å². The lowest BCUT2D eigenvalue weighted by atomic mass is 10.0. The van der Waals surface area contributed by atoms with Crippen LogP contribution < -0.4 is 5.32 Å². The zero-order valence-corrected chi connectivity index (χ0v) is 14.5. The number of methoxy groups -OCH3 is 1. The third-order valence-electron chi connectivity index (χ3n) is 4.14. The molecule has 0 aromatic carbocycles. The fraction of sp³-hybridized carbons (Fsp3) is 0.471. The number of ether oxygens (including phenoxy) is 1. The Hall–Kier alpha value is -2.61. The van der Waals surface area contributed by atoms with E-state index in [0.29, 0.717) is 37.2 Å². The van der Waals surface area contributed by atoms with E-state index in [-0.39, 0.29) is 11.8 Å². The Labute approximate surface area is 146 Å². The highest BCUT2D eigenvalue weighted by molar-refractivity contribution is 5.76. The zero-order chi connectivity index (χ0) is 17.6. The smallest absolute Gasteiger partial charge is 0.228 e. The predicted molar refractivity (Wildman–Crippen MR) is 92.5 cm³/mol. The number of amides is 1. The Kier molecular flexibility index (Phi) is 5.49. The van der Waals surface area contributed by atoms with Gasteiger partial charge < -0.3 is 15.0 Å². The van der Waals surface area contributed by atoms with Crippen molar-refractivity contribution in [2.75, 3.05) is 32.1 Å². The number of anilines is 2. The number of carbonyl (C=O) groups is 1. The molecular weight excluding hydrogens is 320 g/mol. The Bertz CT molecular complexity index is 724. The largest absolute Gasteiger partial charge is 0.384 e. The lowest BCUT2D eigenvalue weighted by Gasteiger charge is -2.16. The monoisotopic (exact) mass is 342 g/mol. The quantitative estimate of drug-likeness (QED) is 0.853. The van der Waals surface area contributed by atoms with E-state index in [2.05, 4.69) is 25.3 Å². The highest BCUT2D eigenvalue weighted by Gasteiger charge is 2.28. The summed E-state index contributed by atoms with van der Waals surface area (Å²) in [5.74, 6) is 2.18. The first kappa shape index (κ1) is 17.2. The van der Waals surface area contributed by atoms with Crippen LogP contribution in [0.5, 0.6) is 0 Å². The maximum absolute atomic E-state index is 12.1. The Morgan fingerprint density at radius 2 is 2.16 bits per heavy atom. The normalized spacial score (nSPS) is 16.9. The van der Waals surface area contributed by atoms with E-state index in [1.165, 1.54) is 0 Å². The van der Waals surface area contributed by atoms with Gasteiger partial charge in [0.05, 0.1) is 18.7 Å². The van der Waals surface area contributed by atoms with Gasteiger partial charge in [-0.15, -0.1) is 0 Å². The summed E-state index contributed by atoms with van der Waals surface area (Å²) in [6.07, 6.45) is 4.66. The summed E-state index contributed by atoms with van der Waals surface area (Å²) in [6.45, 7) is 3.75. The SMILES string of the molecule is COCCC(=O)N1CCC(c2cc(Nc3ncccn3)nc(C)n2)C1. The standard InChI is InChI=1S/C17H22N6O2/c1-12-20-14(10-15(21-12)22-17-18-6-3-7-19-17)13-4-8-23(11-13)16(24)5-9-25-2/h3,6-7,10,13H,4-5,8-9,11H2,1-2H3,(H,18,19,20,21,22). The molecule has 1 aliphatic heterocycles. The van der Waals surface area contributed by atoms with Gasteiger partial charge in [0.1, 0.15) is 11.6 Å². The average molecular weight is 342 g/mol. The molecule has 8 nitrogen and oxygen atoms in total. The van der Waals surface area contributed by atoms with E-state index in [1.54, 1.807) is 25.6 Å². The summed E-state index contributed by atoms with van der Waals surface area (Å²) in [6, 6.07) is 3.67. The number of likely N-dealkylation sites (tertiary alicyclic amines) is 1. The highest BCUT2D eigenvalue weighted by Crippen LogP contribution is 2.28. The molecule has 1 aliphatic rings. The lowest BCUT2D eigenvalue weighted by molar-refractivity contribution is -0.131. The third kappa shape index (κ3) is 4.48. The maximum Gasteiger partial charge on any atom is 0.228 e. The summed E-state index contributed by atoms with van der Waals surface area (Å²) in [5.41, 5.74) is 0.938. The Morgan fingerprint density at radius 1 is 1.36 bits per heavy atom. The minimum Gasteiger partial charge on any atom is -0.384 e. The van der Waals surface area contributed by atoms with Crippen LogP contribution in [0.25, 0.3) is 0 Å². The van der Waals surface area contributed by atoms with E-state index >= 15 is 0 Å². The van der Waals surface area contributed by atoms with Gasteiger partial charge in [0.25, 0.3) is 0 Å². The van der Waals surface area contributed by atoms with Gasteiger partial charge in [-0.3, -0.25) is 4.79 Å². The molecule has 0 saturated carbocycles. The van der Waals surface area contributed by atoms with Crippen molar-refractivity contribution in [1.82, 2.24) is 24.8 Å². The van der Waals surface area contributed by atoms with Gasteiger partial charge in [0.15, 0.2) is 0 Å². The van der Waals surface area contributed by atoms with Crippen molar-refractivity contribution in [1.29, 1.82) is 0 Å². The number of nitrogens with one attached hydrogen (secondary N) is 1. The van der Waals surface area contributed by atoms with Gasteiger partial charge in [0, 0.05) is 44.6 Å². The van der Waals surface area contributed by atoms with Crippen molar-refractivity contribution >= 4 is 17.7 Å². The molecule has 0 spiro atoms. The van der Waals surface area contributed by atoms with Crippen molar-refractivity contribution in [3.63, 3.8) is 0 Å². The van der Waals surface area contributed by atoms with E-state index in [1.807, 2.05) is 17.9 Å². The van der Waals surface area contributed by atoms with Crippen LogP contribution in [-0.2, 0) is 9.53 Å². The van der Waals surface area contributed by atoms with Crippen LogP contribution in [0.2, 0.25) is 0 Å². The molecule has 0 bridgehead atoms. The number of aryl methyl sites for hydroxylation is 1. The highest BCUT2D eigenvalue weighted by atomic mass is 16.5. The fourth-order valence-corrected chi connectivity index (χ4v) is 2.92. The first-order chi connectivity index (χ1) is 12.2. The molecule has 2 aromatic rings. The molecule has 2 aromatic heterocycles. The van der Waals surface area contributed by atoms with Crippen LogP contribution in [0.1, 0.15) is 30.3 Å². The summed E-state index contributed by atoms with van der Waals surface area (Å²) in [7, 11) is 1.61. The summed E-state index contributed by atoms with van der Waals surface area (Å²) >= 11 is 0. The molecule has 0 aliphatic carbocycles. The minimum atomic E-state index is 0.131. The van der Waals surface area contributed by atoms with Crippen LogP contribution in [0.3, 0.4) is 0 Å². The van der Waals surface area contributed by atoms with E-state index in [4.69, 9.17) is 4.74 Å². The number of nitrogens with zero attached hydrogens (tertiary/aromatic N) is 5. The lowest BCUT2D eigenvalue weighted by Crippen LogP contribution is -2.29. The molecule has 132 valence electrons. The number of aromatic nitrogens is 4. The van der Waals surface area contributed by atoms with Crippen LogP contribution >= 0.6 is 0 Å². The van der Waals surface area contributed by atoms with Crippen molar-refractivity contribution < 1.29 is 9.53 Å². The first-order valence-corrected chi connectivity index (χ1v) is 8.32. The second-order valence-corrected chi connectivity index (χ2v) is 5.99. The van der Waals surface area contributed by atoms with Crippen LogP contribution in [0, 0.1) is 6.92 Å². The van der Waals surface area contributed by atoms with Crippen LogP contribution in [-0.4, -0.2) is 57.5 Å². The topological polar surface area (TPSA) is 93.1 Å². The van der Waals surface area contributed by atoms with Crippen molar-refractivity contribution in [3.8, 4) is 0 Å². The summed E-state index contributed by atoms with van der Waals surface area (Å²) in [5, 5.41) is 3.10. The van der Waals surface area contributed by atoms with Gasteiger partial charge in [-0.1, -0.05) is 0 Å². The second-order valence-electron chi connectivity index (χ2n) is 5.99. The fourth-order valence-electron chi connectivity index (χ4n) is 2.92. The first-order valence-electron chi connectivity index (χ1n) is 8.32. The molecule has 1 fully saturated rings. The van der Waals surface area contributed by atoms with Gasteiger partial charge in [0.2, 0.25) is 11.9 Å². The van der Waals surface area contributed by atoms with Gasteiger partial charge in [-0.05, 0) is 19.4 Å². The minimum absolute atomic E-state index is 0.131. The molecule has 25 heavy (non-hydrogen) atoms. The predicted octanol–water partition coefficient (Wildman–Crippen LogP) is 1.67. The van der Waals surface area contributed by atoms with Gasteiger partial charge in [-0.2, -0.15) is 0 Å². The van der Waals surface area contributed by atoms with Crippen molar-refractivity contribution in [2.45, 2.75) is 25.7 Å². The Balaban J connectivity index is 1.69. The van der Waals surface area contributed by atoms with Gasteiger partial charge in [-0.25, -0.2) is 19.9 Å². The maximum atomic E-state index is 12.1. The molecule has 3 heterocycles. The molecule has 8 heteroatoms. The molecule has 1 amide bonds. The molecular formula is C17H22N6O2. The number of rotatable bonds is 6. The van der Waals surface area contributed by atoms with Crippen LogP contribution in [0.4, 0.5) is 11.8 Å². The molecule has 3 rings (SSSR count). The van der Waals surface area contributed by atoms with E-state index < -0.39 is 0 Å². The Morgan fingerprint density at radius 3 is 2.92 bits per heavy atom.